The molecule has 0 saturated carbocycles. The number of aliphatic carboxylic acids is 1. The molecule has 1 aliphatic rings. The summed E-state index contributed by atoms with van der Waals surface area (Å²) in [5.74, 6) is -0.876. The Hall–Kier alpha value is -3.26. The maximum Gasteiger partial charge on any atom is 0.341 e. The van der Waals surface area contributed by atoms with Gasteiger partial charge in [0.05, 0.1) is 17.7 Å². The highest BCUT2D eigenvalue weighted by molar-refractivity contribution is 8.19. The molecule has 1 saturated heterocycles. The Morgan fingerprint density at radius 1 is 1.11 bits per heavy atom. The minimum atomic E-state index is -1.11. The fourth-order valence-corrected chi connectivity index (χ4v) is 3.33. The topological polar surface area (TPSA) is 93.1 Å². The lowest BCUT2D eigenvalue weighted by Crippen LogP contribution is -2.28. The normalized spacial score (nSPS) is 15.3. The molecule has 1 fully saturated rings. The van der Waals surface area contributed by atoms with E-state index in [0.717, 1.165) is 16.7 Å². The molecule has 27 heavy (non-hydrogen) atoms. The highest BCUT2D eigenvalue weighted by Crippen LogP contribution is 2.40. The molecule has 1 aliphatic heterocycles. The number of thioether (sulfide) groups is 1. The van der Waals surface area contributed by atoms with E-state index in [1.165, 1.54) is 13.2 Å². The third kappa shape index (κ3) is 3.95. The number of carbonyl (C=O) groups excluding carboxylic acids is 2. The number of imide groups is 1. The van der Waals surface area contributed by atoms with Gasteiger partial charge in [-0.3, -0.25) is 9.59 Å². The monoisotopic (exact) mass is 385 g/mol. The number of anilines is 1. The Morgan fingerprint density at radius 2 is 1.78 bits per heavy atom. The van der Waals surface area contributed by atoms with Crippen LogP contribution in [-0.2, 0) is 9.59 Å². The number of ether oxygens (including phenoxy) is 2. The predicted octanol–water partition coefficient (Wildman–Crippen LogP) is 3.40. The first-order valence-corrected chi connectivity index (χ1v) is 8.67. The van der Waals surface area contributed by atoms with Crippen LogP contribution in [-0.4, -0.2) is 35.9 Å². The number of nitrogens with zero attached hydrogens (tertiary/aromatic N) is 1. The number of rotatable bonds is 6. The van der Waals surface area contributed by atoms with Gasteiger partial charge in [-0.1, -0.05) is 30.3 Å². The van der Waals surface area contributed by atoms with Crippen molar-refractivity contribution in [3.8, 4) is 11.5 Å². The van der Waals surface area contributed by atoms with E-state index in [1.54, 1.807) is 48.5 Å². The lowest BCUT2D eigenvalue weighted by atomic mass is 10.2. The standard InChI is InChI=1S/C19H15NO6S/c1-25-15-9-5-3-7-13(15)20-18(23)16(27-19(20)24)10-12-6-2-4-8-14(12)26-11-17(21)22/h2-10H,11H2,1H3,(H,21,22)/b16-10-. The first-order valence-electron chi connectivity index (χ1n) is 7.86. The molecule has 0 unspecified atom stereocenters. The van der Waals surface area contributed by atoms with Gasteiger partial charge in [-0.25, -0.2) is 9.69 Å². The molecule has 0 aromatic heterocycles. The average molecular weight is 385 g/mol. The van der Waals surface area contributed by atoms with Crippen LogP contribution < -0.4 is 14.4 Å². The van der Waals surface area contributed by atoms with Crippen LogP contribution in [0.2, 0.25) is 0 Å². The molecule has 1 heterocycles. The van der Waals surface area contributed by atoms with E-state index in [4.69, 9.17) is 14.6 Å². The molecule has 138 valence electrons. The van der Waals surface area contributed by atoms with Gasteiger partial charge >= 0.3 is 5.97 Å². The van der Waals surface area contributed by atoms with E-state index < -0.39 is 23.7 Å². The predicted molar refractivity (Wildman–Crippen MR) is 101 cm³/mol. The molecule has 2 aromatic rings. The van der Waals surface area contributed by atoms with Crippen LogP contribution in [0.15, 0.2) is 53.4 Å². The third-order valence-electron chi connectivity index (χ3n) is 3.68. The quantitative estimate of drug-likeness (QED) is 0.762. The van der Waals surface area contributed by atoms with E-state index in [2.05, 4.69) is 0 Å². The highest BCUT2D eigenvalue weighted by Gasteiger charge is 2.37. The fraction of sp³-hybridized carbons (Fsp3) is 0.105. The Bertz CT molecular complexity index is 939. The van der Waals surface area contributed by atoms with Crippen molar-refractivity contribution in [1.82, 2.24) is 0 Å². The molecule has 0 atom stereocenters. The highest BCUT2D eigenvalue weighted by atomic mass is 32.2. The van der Waals surface area contributed by atoms with Gasteiger partial charge < -0.3 is 14.6 Å². The van der Waals surface area contributed by atoms with Crippen molar-refractivity contribution in [2.75, 3.05) is 18.6 Å². The molecule has 8 heteroatoms. The van der Waals surface area contributed by atoms with Gasteiger partial charge in [0.1, 0.15) is 11.5 Å². The molecule has 0 aliphatic carbocycles. The Labute approximate surface area is 159 Å². The number of hydrogen-bond acceptors (Lipinski definition) is 6. The molecule has 1 N–H and O–H groups in total. The minimum Gasteiger partial charge on any atom is -0.495 e. The molecular formula is C19H15NO6S. The van der Waals surface area contributed by atoms with Crippen molar-refractivity contribution in [3.63, 3.8) is 0 Å². The summed E-state index contributed by atoms with van der Waals surface area (Å²) in [6, 6.07) is 13.4. The van der Waals surface area contributed by atoms with Crippen LogP contribution >= 0.6 is 11.8 Å². The Kier molecular flexibility index (Phi) is 5.46. The van der Waals surface area contributed by atoms with Gasteiger partial charge in [0.15, 0.2) is 6.61 Å². The fourth-order valence-electron chi connectivity index (χ4n) is 2.50. The molecule has 0 bridgehead atoms. The first-order chi connectivity index (χ1) is 13.0. The lowest BCUT2D eigenvalue weighted by molar-refractivity contribution is -0.139. The van der Waals surface area contributed by atoms with Gasteiger partial charge in [-0.15, -0.1) is 0 Å². The van der Waals surface area contributed by atoms with Crippen LogP contribution in [0.5, 0.6) is 11.5 Å². The molecular weight excluding hydrogens is 370 g/mol. The van der Waals surface area contributed by atoms with Crippen LogP contribution in [0.25, 0.3) is 6.08 Å². The van der Waals surface area contributed by atoms with E-state index in [-0.39, 0.29) is 4.91 Å². The van der Waals surface area contributed by atoms with Crippen LogP contribution in [0, 0.1) is 0 Å². The van der Waals surface area contributed by atoms with E-state index in [9.17, 15) is 14.4 Å². The zero-order valence-corrected chi connectivity index (χ0v) is 15.1. The average Bonchev–Trinajstić information content (AvgIpc) is 2.94. The summed E-state index contributed by atoms with van der Waals surface area (Å²) in [7, 11) is 1.46. The summed E-state index contributed by atoms with van der Waals surface area (Å²) in [4.78, 5) is 37.2. The van der Waals surface area contributed by atoms with Crippen LogP contribution in [0.4, 0.5) is 10.5 Å². The Morgan fingerprint density at radius 3 is 2.48 bits per heavy atom. The molecule has 3 rings (SSSR count). The second kappa shape index (κ2) is 7.96. The second-order valence-electron chi connectivity index (χ2n) is 5.41. The van der Waals surface area contributed by atoms with Gasteiger partial charge in [0, 0.05) is 5.56 Å². The van der Waals surface area contributed by atoms with Crippen molar-refractivity contribution in [3.05, 3.63) is 59.0 Å². The number of amides is 2. The number of benzene rings is 2. The van der Waals surface area contributed by atoms with Gasteiger partial charge in [-0.2, -0.15) is 0 Å². The van der Waals surface area contributed by atoms with Crippen molar-refractivity contribution in [2.24, 2.45) is 0 Å². The zero-order valence-electron chi connectivity index (χ0n) is 14.2. The van der Waals surface area contributed by atoms with E-state index in [0.29, 0.717) is 22.7 Å². The molecule has 0 radical (unpaired) electrons. The summed E-state index contributed by atoms with van der Waals surface area (Å²) in [6.45, 7) is -0.506. The summed E-state index contributed by atoms with van der Waals surface area (Å²) in [5.41, 5.74) is 0.866. The van der Waals surface area contributed by atoms with Gasteiger partial charge in [-0.05, 0) is 36.0 Å². The van der Waals surface area contributed by atoms with Gasteiger partial charge in [0.25, 0.3) is 11.1 Å². The smallest absolute Gasteiger partial charge is 0.341 e. The van der Waals surface area contributed by atoms with Crippen LogP contribution in [0.3, 0.4) is 0 Å². The minimum absolute atomic E-state index is 0.206. The number of methoxy groups -OCH3 is 1. The molecule has 2 aromatic carbocycles. The Balaban J connectivity index is 1.93. The number of para-hydroxylation sites is 3. The number of carboxylic acid groups (broad SMARTS) is 1. The largest absolute Gasteiger partial charge is 0.495 e. The SMILES string of the molecule is COc1ccccc1N1C(=O)S/C(=C\c2ccccc2OCC(=O)O)C1=O. The third-order valence-corrected chi connectivity index (χ3v) is 4.55. The van der Waals surface area contributed by atoms with E-state index >= 15 is 0 Å². The zero-order chi connectivity index (χ0) is 19.4. The number of hydrogen-bond donors (Lipinski definition) is 1. The van der Waals surface area contributed by atoms with Crippen molar-refractivity contribution in [1.29, 1.82) is 0 Å². The van der Waals surface area contributed by atoms with Crippen molar-refractivity contribution in [2.45, 2.75) is 0 Å². The van der Waals surface area contributed by atoms with Crippen molar-refractivity contribution >= 4 is 40.6 Å². The maximum atomic E-state index is 12.8. The van der Waals surface area contributed by atoms with E-state index in [1.807, 2.05) is 0 Å². The molecule has 7 nitrogen and oxygen atoms in total. The van der Waals surface area contributed by atoms with Crippen LogP contribution in [0.1, 0.15) is 5.56 Å². The summed E-state index contributed by atoms with van der Waals surface area (Å²) < 4.78 is 10.5. The lowest BCUT2D eigenvalue weighted by Gasteiger charge is -2.15. The first kappa shape index (κ1) is 18.5. The van der Waals surface area contributed by atoms with Crippen molar-refractivity contribution < 1.29 is 29.0 Å². The number of carboxylic acids is 1. The summed E-state index contributed by atoms with van der Waals surface area (Å²) in [5, 5.41) is 8.33. The molecule has 0 spiro atoms. The summed E-state index contributed by atoms with van der Waals surface area (Å²) in [6.07, 6.45) is 1.51. The number of carbonyl (C=O) groups is 3. The van der Waals surface area contributed by atoms with Gasteiger partial charge in [0.2, 0.25) is 0 Å². The summed E-state index contributed by atoms with van der Waals surface area (Å²) >= 11 is 0.795. The maximum absolute atomic E-state index is 12.8. The molecule has 2 amide bonds. The second-order valence-corrected chi connectivity index (χ2v) is 6.40.